The lowest BCUT2D eigenvalue weighted by Gasteiger charge is -2.21. The Morgan fingerprint density at radius 3 is 2.75 bits per heavy atom. The summed E-state index contributed by atoms with van der Waals surface area (Å²) in [5, 5.41) is 2.28. The van der Waals surface area contributed by atoms with Gasteiger partial charge in [-0.1, -0.05) is 47.8 Å². The van der Waals surface area contributed by atoms with Crippen LogP contribution < -0.4 is 0 Å². The molecule has 1 heterocycles. The molecule has 0 radical (unpaired) electrons. The number of rotatable bonds is 3. The van der Waals surface area contributed by atoms with Gasteiger partial charge in [0.1, 0.15) is 0 Å². The largest absolute Gasteiger partial charge is 0.350 e. The summed E-state index contributed by atoms with van der Waals surface area (Å²) in [5.74, 6) is 1.99. The molecule has 1 aromatic carbocycles. The van der Waals surface area contributed by atoms with Crippen LogP contribution in [0.1, 0.15) is 25.7 Å². The molecule has 1 saturated carbocycles. The summed E-state index contributed by atoms with van der Waals surface area (Å²) in [4.78, 5) is 7.18. The minimum Gasteiger partial charge on any atom is -0.350 e. The lowest BCUT2D eigenvalue weighted by Crippen LogP contribution is -2.29. The molecular weight excluding hydrogens is 311 g/mol. The molecule has 0 bridgehead atoms. The lowest BCUT2D eigenvalue weighted by molar-refractivity contribution is 0.366. The Morgan fingerprint density at radius 1 is 1.20 bits per heavy atom. The van der Waals surface area contributed by atoms with Gasteiger partial charge in [-0.25, -0.2) is 4.99 Å². The van der Waals surface area contributed by atoms with E-state index < -0.39 is 0 Å². The van der Waals surface area contributed by atoms with E-state index in [-0.39, 0.29) is 0 Å². The zero-order valence-electron chi connectivity index (χ0n) is 11.3. The van der Waals surface area contributed by atoms with Crippen molar-refractivity contribution in [2.45, 2.75) is 25.7 Å². The van der Waals surface area contributed by atoms with E-state index in [1.54, 1.807) is 0 Å². The molecule has 0 N–H and O–H groups in total. The molecule has 0 unspecified atom stereocenters. The van der Waals surface area contributed by atoms with Gasteiger partial charge in [-0.15, -0.1) is 0 Å². The van der Waals surface area contributed by atoms with Crippen molar-refractivity contribution in [3.05, 3.63) is 28.2 Å². The molecule has 20 heavy (non-hydrogen) atoms. The van der Waals surface area contributed by atoms with Crippen molar-refractivity contribution < 1.29 is 0 Å². The highest BCUT2D eigenvalue weighted by atomic mass is 35.5. The molecule has 1 aliphatic carbocycles. The number of halogens is 2. The van der Waals surface area contributed by atoms with E-state index in [4.69, 9.17) is 28.2 Å². The fourth-order valence-corrected chi connectivity index (χ4v) is 4.18. The lowest BCUT2D eigenvalue weighted by atomic mass is 10.1. The fraction of sp³-hybridized carbons (Fsp3) is 0.533. The van der Waals surface area contributed by atoms with Crippen molar-refractivity contribution in [2.75, 3.05) is 18.8 Å². The van der Waals surface area contributed by atoms with Crippen LogP contribution in [0.2, 0.25) is 10.0 Å². The van der Waals surface area contributed by atoms with Crippen molar-refractivity contribution in [1.82, 2.24) is 4.90 Å². The number of hydrogen-bond acceptors (Lipinski definition) is 2. The standard InChI is InChI=1S/C15H18Cl2N2S/c16-13-6-5-12(9-14(13)17)18-15-19(7-8-20-15)10-11-3-1-2-4-11/h5-6,9,11H,1-4,7-8,10H2. The predicted molar refractivity (Wildman–Crippen MR) is 89.5 cm³/mol. The predicted octanol–water partition coefficient (Wildman–Crippen LogP) is 5.22. The number of hydrogen-bond donors (Lipinski definition) is 0. The van der Waals surface area contributed by atoms with E-state index in [9.17, 15) is 0 Å². The van der Waals surface area contributed by atoms with Crippen molar-refractivity contribution >= 4 is 45.8 Å². The number of aliphatic imine (C=N–C) groups is 1. The zero-order chi connectivity index (χ0) is 13.9. The van der Waals surface area contributed by atoms with E-state index >= 15 is 0 Å². The molecule has 5 heteroatoms. The molecule has 0 amide bonds. The monoisotopic (exact) mass is 328 g/mol. The number of nitrogens with zero attached hydrogens (tertiary/aromatic N) is 2. The Bertz CT molecular complexity index is 513. The van der Waals surface area contributed by atoms with E-state index in [0.717, 1.165) is 35.6 Å². The first kappa shape index (κ1) is 14.6. The Balaban J connectivity index is 1.73. The highest BCUT2D eigenvalue weighted by molar-refractivity contribution is 8.14. The molecule has 3 rings (SSSR count). The number of benzene rings is 1. The number of thioether (sulfide) groups is 1. The second-order valence-electron chi connectivity index (χ2n) is 5.44. The Morgan fingerprint density at radius 2 is 2.00 bits per heavy atom. The second kappa shape index (κ2) is 6.59. The molecule has 1 aromatic rings. The van der Waals surface area contributed by atoms with E-state index in [2.05, 4.69) is 4.90 Å². The summed E-state index contributed by atoms with van der Waals surface area (Å²) >= 11 is 13.8. The SMILES string of the molecule is Clc1ccc(N=C2SCCN2CC2CCCC2)cc1Cl. The number of amidine groups is 1. The van der Waals surface area contributed by atoms with Gasteiger partial charge >= 0.3 is 0 Å². The molecule has 2 aliphatic rings. The van der Waals surface area contributed by atoms with Crippen LogP contribution >= 0.6 is 35.0 Å². The molecule has 0 aromatic heterocycles. The van der Waals surface area contributed by atoms with Crippen LogP contribution in [0.3, 0.4) is 0 Å². The topological polar surface area (TPSA) is 15.6 Å². The summed E-state index contributed by atoms with van der Waals surface area (Å²) in [7, 11) is 0. The maximum Gasteiger partial charge on any atom is 0.164 e. The third-order valence-corrected chi connectivity index (χ3v) is 5.68. The first-order valence-electron chi connectivity index (χ1n) is 7.14. The average Bonchev–Trinajstić information content (AvgIpc) is 3.07. The average molecular weight is 329 g/mol. The fourth-order valence-electron chi connectivity index (χ4n) is 2.88. The van der Waals surface area contributed by atoms with Gasteiger partial charge in [0.25, 0.3) is 0 Å². The molecule has 0 spiro atoms. The summed E-state index contributed by atoms with van der Waals surface area (Å²) in [6.07, 6.45) is 5.54. The van der Waals surface area contributed by atoms with E-state index in [1.807, 2.05) is 30.0 Å². The first-order chi connectivity index (χ1) is 9.72. The van der Waals surface area contributed by atoms with E-state index in [0.29, 0.717) is 10.0 Å². The minimum atomic E-state index is 0.568. The quantitative estimate of drug-likeness (QED) is 0.755. The third-order valence-electron chi connectivity index (χ3n) is 3.94. The molecule has 108 valence electrons. The van der Waals surface area contributed by atoms with Crippen LogP contribution in [0, 0.1) is 5.92 Å². The van der Waals surface area contributed by atoms with Crippen molar-refractivity contribution in [3.8, 4) is 0 Å². The Labute approximate surface area is 134 Å². The summed E-state index contributed by atoms with van der Waals surface area (Å²) in [6, 6.07) is 5.57. The Hall–Kier alpha value is -0.380. The van der Waals surface area contributed by atoms with E-state index in [1.165, 1.54) is 25.7 Å². The molecule has 0 atom stereocenters. The van der Waals surface area contributed by atoms with Gasteiger partial charge in [0.2, 0.25) is 0 Å². The summed E-state index contributed by atoms with van der Waals surface area (Å²) in [5.41, 5.74) is 0.889. The minimum absolute atomic E-state index is 0.568. The Kier molecular flexibility index (Phi) is 4.79. The van der Waals surface area contributed by atoms with Crippen LogP contribution in [-0.2, 0) is 0 Å². The van der Waals surface area contributed by atoms with Gasteiger partial charge in [0.05, 0.1) is 15.7 Å². The van der Waals surface area contributed by atoms with Gasteiger partial charge in [-0.2, -0.15) is 0 Å². The molecule has 2 fully saturated rings. The highest BCUT2D eigenvalue weighted by Crippen LogP contribution is 2.31. The van der Waals surface area contributed by atoms with Gasteiger partial charge in [0.15, 0.2) is 5.17 Å². The van der Waals surface area contributed by atoms with Crippen molar-refractivity contribution in [3.63, 3.8) is 0 Å². The van der Waals surface area contributed by atoms with Crippen LogP contribution in [-0.4, -0.2) is 28.9 Å². The van der Waals surface area contributed by atoms with Gasteiger partial charge < -0.3 is 4.90 Å². The van der Waals surface area contributed by atoms with Crippen molar-refractivity contribution in [1.29, 1.82) is 0 Å². The van der Waals surface area contributed by atoms with Crippen molar-refractivity contribution in [2.24, 2.45) is 10.9 Å². The molecule has 1 aliphatic heterocycles. The summed E-state index contributed by atoms with van der Waals surface area (Å²) in [6.45, 7) is 2.27. The van der Waals surface area contributed by atoms with Gasteiger partial charge in [0, 0.05) is 18.8 Å². The van der Waals surface area contributed by atoms with Crippen LogP contribution in [0.4, 0.5) is 5.69 Å². The second-order valence-corrected chi connectivity index (χ2v) is 7.31. The highest BCUT2D eigenvalue weighted by Gasteiger charge is 2.24. The van der Waals surface area contributed by atoms with Crippen LogP contribution in [0.25, 0.3) is 0 Å². The maximum absolute atomic E-state index is 6.05. The van der Waals surface area contributed by atoms with Gasteiger partial charge in [-0.3, -0.25) is 0 Å². The molecular formula is C15H18Cl2N2S. The zero-order valence-corrected chi connectivity index (χ0v) is 13.6. The maximum atomic E-state index is 6.05. The first-order valence-corrected chi connectivity index (χ1v) is 8.88. The van der Waals surface area contributed by atoms with Gasteiger partial charge in [-0.05, 0) is 37.0 Å². The van der Waals surface area contributed by atoms with Crippen LogP contribution in [0.5, 0.6) is 0 Å². The molecule has 1 saturated heterocycles. The smallest absolute Gasteiger partial charge is 0.164 e. The van der Waals surface area contributed by atoms with Crippen LogP contribution in [0.15, 0.2) is 23.2 Å². The third kappa shape index (κ3) is 3.44. The molecule has 2 nitrogen and oxygen atoms in total. The summed E-state index contributed by atoms with van der Waals surface area (Å²) < 4.78 is 0. The normalized spacial score (nSPS) is 22.1.